The zero-order valence-corrected chi connectivity index (χ0v) is 10.7. The molecule has 3 heteroatoms. The lowest BCUT2D eigenvalue weighted by atomic mass is 10.0. The molecular weight excluding hydrogens is 287 g/mol. The highest BCUT2D eigenvalue weighted by Gasteiger charge is 2.12. The highest BCUT2D eigenvalue weighted by molar-refractivity contribution is 9.10. The third-order valence-corrected chi connectivity index (χ3v) is 3.32. The van der Waals surface area contributed by atoms with E-state index in [1.165, 1.54) is 0 Å². The monoisotopic (exact) mass is 296 g/mol. The normalized spacial score (nSPS) is 12.4. The highest BCUT2D eigenvalue weighted by atomic mass is 79.9. The Kier molecular flexibility index (Phi) is 3.64. The van der Waals surface area contributed by atoms with Gasteiger partial charge in [-0.05, 0) is 29.3 Å². The van der Waals surface area contributed by atoms with Gasteiger partial charge in [-0.1, -0.05) is 57.9 Å². The molecule has 2 aromatic carbocycles. The smallest absolute Gasteiger partial charge is 0.105 e. The van der Waals surface area contributed by atoms with Crippen LogP contribution in [0, 0.1) is 0 Å². The number of aliphatic hydroxyl groups is 1. The quantitative estimate of drug-likeness (QED) is 0.881. The van der Waals surface area contributed by atoms with E-state index in [1.54, 1.807) is 12.1 Å². The summed E-state index contributed by atoms with van der Waals surface area (Å²) < 4.78 is 0.891. The zero-order valence-electron chi connectivity index (χ0n) is 8.40. The van der Waals surface area contributed by atoms with E-state index in [4.69, 9.17) is 11.6 Å². The number of halogens is 2. The highest BCUT2D eigenvalue weighted by Crippen LogP contribution is 2.29. The Hall–Kier alpha value is -0.830. The molecule has 1 atom stereocenters. The van der Waals surface area contributed by atoms with Crippen LogP contribution in [0.4, 0.5) is 0 Å². The fourth-order valence-electron chi connectivity index (χ4n) is 1.55. The number of benzene rings is 2. The van der Waals surface area contributed by atoms with E-state index >= 15 is 0 Å². The SMILES string of the molecule is OC(c1cccc(Cl)c1)c1ccccc1Br. The molecule has 0 aliphatic rings. The summed E-state index contributed by atoms with van der Waals surface area (Å²) in [5.74, 6) is 0. The first-order valence-electron chi connectivity index (χ1n) is 4.86. The van der Waals surface area contributed by atoms with E-state index in [0.29, 0.717) is 5.02 Å². The topological polar surface area (TPSA) is 20.2 Å². The third-order valence-electron chi connectivity index (χ3n) is 2.36. The van der Waals surface area contributed by atoms with E-state index in [9.17, 15) is 5.11 Å². The van der Waals surface area contributed by atoms with Gasteiger partial charge in [0.1, 0.15) is 6.10 Å². The largest absolute Gasteiger partial charge is 0.384 e. The van der Waals surface area contributed by atoms with Crippen LogP contribution in [0.2, 0.25) is 5.02 Å². The molecule has 2 aromatic rings. The number of hydrogen-bond acceptors (Lipinski definition) is 1. The van der Waals surface area contributed by atoms with Crippen molar-refractivity contribution in [1.29, 1.82) is 0 Å². The molecule has 0 amide bonds. The summed E-state index contributed by atoms with van der Waals surface area (Å²) in [4.78, 5) is 0. The first-order valence-corrected chi connectivity index (χ1v) is 6.03. The summed E-state index contributed by atoms with van der Waals surface area (Å²) in [7, 11) is 0. The Balaban J connectivity index is 2.39. The van der Waals surface area contributed by atoms with E-state index in [2.05, 4.69) is 15.9 Å². The van der Waals surface area contributed by atoms with Crippen LogP contribution in [0.3, 0.4) is 0 Å². The van der Waals surface area contributed by atoms with Crippen molar-refractivity contribution in [1.82, 2.24) is 0 Å². The predicted molar refractivity (Wildman–Crippen MR) is 69.7 cm³/mol. The zero-order chi connectivity index (χ0) is 11.5. The van der Waals surface area contributed by atoms with Crippen molar-refractivity contribution < 1.29 is 5.11 Å². The molecule has 0 bridgehead atoms. The molecule has 1 N–H and O–H groups in total. The third kappa shape index (κ3) is 2.46. The van der Waals surface area contributed by atoms with Crippen molar-refractivity contribution in [2.75, 3.05) is 0 Å². The predicted octanol–water partition coefficient (Wildman–Crippen LogP) is 4.18. The summed E-state index contributed by atoms with van der Waals surface area (Å²) in [6.45, 7) is 0. The van der Waals surface area contributed by atoms with Gasteiger partial charge in [-0.2, -0.15) is 0 Å². The van der Waals surface area contributed by atoms with Crippen LogP contribution in [0.1, 0.15) is 17.2 Å². The van der Waals surface area contributed by atoms with Gasteiger partial charge in [0.25, 0.3) is 0 Å². The Labute approximate surface area is 108 Å². The van der Waals surface area contributed by atoms with Crippen LogP contribution < -0.4 is 0 Å². The molecule has 0 radical (unpaired) electrons. The van der Waals surface area contributed by atoms with Gasteiger partial charge >= 0.3 is 0 Å². The van der Waals surface area contributed by atoms with Gasteiger partial charge < -0.3 is 5.11 Å². The summed E-state index contributed by atoms with van der Waals surface area (Å²) >= 11 is 9.31. The van der Waals surface area contributed by atoms with Crippen molar-refractivity contribution in [3.05, 3.63) is 69.2 Å². The van der Waals surface area contributed by atoms with E-state index in [1.807, 2.05) is 36.4 Å². The van der Waals surface area contributed by atoms with Crippen LogP contribution in [0.5, 0.6) is 0 Å². The van der Waals surface area contributed by atoms with Crippen LogP contribution in [0.15, 0.2) is 53.0 Å². The van der Waals surface area contributed by atoms with Gasteiger partial charge in [0.05, 0.1) is 0 Å². The fraction of sp³-hybridized carbons (Fsp3) is 0.0769. The molecule has 0 saturated carbocycles. The van der Waals surface area contributed by atoms with E-state index in [0.717, 1.165) is 15.6 Å². The molecule has 0 heterocycles. The van der Waals surface area contributed by atoms with Crippen LogP contribution in [-0.2, 0) is 0 Å². The fourth-order valence-corrected chi connectivity index (χ4v) is 2.25. The van der Waals surface area contributed by atoms with Gasteiger partial charge in [-0.15, -0.1) is 0 Å². The number of aliphatic hydroxyl groups excluding tert-OH is 1. The van der Waals surface area contributed by atoms with Gasteiger partial charge in [0, 0.05) is 9.50 Å². The molecule has 0 aliphatic heterocycles. The van der Waals surface area contributed by atoms with Crippen LogP contribution in [0.25, 0.3) is 0 Å². The second-order valence-corrected chi connectivity index (χ2v) is 4.77. The van der Waals surface area contributed by atoms with Crippen LogP contribution >= 0.6 is 27.5 Å². The van der Waals surface area contributed by atoms with Crippen molar-refractivity contribution in [3.8, 4) is 0 Å². The molecule has 0 aromatic heterocycles. The first kappa shape index (κ1) is 11.6. The maximum absolute atomic E-state index is 10.2. The summed E-state index contributed by atoms with van der Waals surface area (Å²) in [6, 6.07) is 14.8. The second-order valence-electron chi connectivity index (χ2n) is 3.48. The van der Waals surface area contributed by atoms with Crippen molar-refractivity contribution in [3.63, 3.8) is 0 Å². The Bertz CT molecular complexity index is 499. The molecule has 2 rings (SSSR count). The van der Waals surface area contributed by atoms with Gasteiger partial charge in [0.15, 0.2) is 0 Å². The average Bonchev–Trinajstić information content (AvgIpc) is 2.29. The van der Waals surface area contributed by atoms with E-state index < -0.39 is 6.10 Å². The number of hydrogen-bond donors (Lipinski definition) is 1. The van der Waals surface area contributed by atoms with Gasteiger partial charge in [-0.3, -0.25) is 0 Å². The minimum absolute atomic E-state index is 0.628. The second kappa shape index (κ2) is 5.00. The molecule has 1 nitrogen and oxygen atoms in total. The lowest BCUT2D eigenvalue weighted by Crippen LogP contribution is -2.00. The lowest BCUT2D eigenvalue weighted by Gasteiger charge is -2.13. The molecule has 0 saturated heterocycles. The Morgan fingerprint density at radius 3 is 2.50 bits per heavy atom. The Morgan fingerprint density at radius 2 is 1.81 bits per heavy atom. The molecule has 16 heavy (non-hydrogen) atoms. The van der Waals surface area contributed by atoms with Crippen molar-refractivity contribution in [2.24, 2.45) is 0 Å². The van der Waals surface area contributed by atoms with Crippen molar-refractivity contribution in [2.45, 2.75) is 6.10 Å². The average molecular weight is 298 g/mol. The lowest BCUT2D eigenvalue weighted by molar-refractivity contribution is 0.219. The van der Waals surface area contributed by atoms with Crippen LogP contribution in [-0.4, -0.2) is 5.11 Å². The maximum atomic E-state index is 10.2. The molecule has 0 aliphatic carbocycles. The molecule has 0 fully saturated rings. The number of rotatable bonds is 2. The van der Waals surface area contributed by atoms with Gasteiger partial charge in [0.2, 0.25) is 0 Å². The molecule has 1 unspecified atom stereocenters. The Morgan fingerprint density at radius 1 is 1.06 bits per heavy atom. The maximum Gasteiger partial charge on any atom is 0.105 e. The first-order chi connectivity index (χ1) is 7.68. The molecule has 0 spiro atoms. The van der Waals surface area contributed by atoms with Gasteiger partial charge in [-0.25, -0.2) is 0 Å². The minimum Gasteiger partial charge on any atom is -0.384 e. The standard InChI is InChI=1S/C13H10BrClO/c14-12-7-2-1-6-11(12)13(16)9-4-3-5-10(15)8-9/h1-8,13,16H. The summed E-state index contributed by atoms with van der Waals surface area (Å²) in [6.07, 6.45) is -0.658. The minimum atomic E-state index is -0.658. The van der Waals surface area contributed by atoms with Crippen molar-refractivity contribution >= 4 is 27.5 Å². The van der Waals surface area contributed by atoms with E-state index in [-0.39, 0.29) is 0 Å². The molecule has 82 valence electrons. The summed E-state index contributed by atoms with van der Waals surface area (Å²) in [5, 5.41) is 10.8. The summed E-state index contributed by atoms with van der Waals surface area (Å²) in [5.41, 5.74) is 1.63. The molecular formula is C13H10BrClO.